The van der Waals surface area contributed by atoms with Gasteiger partial charge in [-0.1, -0.05) is 24.3 Å². The number of carbonyl (C=O) groups excluding carboxylic acids is 1. The van der Waals surface area contributed by atoms with Crippen LogP contribution in [0.2, 0.25) is 0 Å². The van der Waals surface area contributed by atoms with Crippen molar-refractivity contribution in [3.05, 3.63) is 46.7 Å². The van der Waals surface area contributed by atoms with E-state index in [1.165, 1.54) is 0 Å². The molecule has 0 radical (unpaired) electrons. The topological polar surface area (TPSA) is 61.7 Å². The maximum absolute atomic E-state index is 12.3. The van der Waals surface area contributed by atoms with Gasteiger partial charge in [0, 0.05) is 19.4 Å². The van der Waals surface area contributed by atoms with Crippen molar-refractivity contribution in [3.63, 3.8) is 0 Å². The monoisotopic (exact) mass is 270 g/mol. The molecular formula is C16H18N2O2. The van der Waals surface area contributed by atoms with Gasteiger partial charge in [-0.2, -0.15) is 0 Å². The fourth-order valence-electron chi connectivity index (χ4n) is 2.99. The van der Waals surface area contributed by atoms with Crippen molar-refractivity contribution in [2.75, 3.05) is 13.1 Å². The van der Waals surface area contributed by atoms with Crippen LogP contribution in [-0.2, 0) is 4.79 Å². The Morgan fingerprint density at radius 3 is 2.75 bits per heavy atom. The maximum atomic E-state index is 12.3. The van der Waals surface area contributed by atoms with Gasteiger partial charge in [0.15, 0.2) is 5.78 Å². The van der Waals surface area contributed by atoms with Crippen LogP contribution >= 0.6 is 0 Å². The number of rotatable bonds is 2. The standard InChI is InChI=1S/C16H18N2O2/c1-10-4-2-3-5-12(10)11-8-13(19)15(14(20)9-11)16-17-6-7-18-16/h2-5,11,19H,6-9H2,1H3,(H,17,18). The summed E-state index contributed by atoms with van der Waals surface area (Å²) < 4.78 is 0. The second-order valence-corrected chi connectivity index (χ2v) is 5.36. The van der Waals surface area contributed by atoms with Crippen molar-refractivity contribution in [1.82, 2.24) is 5.32 Å². The summed E-state index contributed by atoms with van der Waals surface area (Å²) in [5, 5.41) is 13.3. The highest BCUT2D eigenvalue weighted by Crippen LogP contribution is 2.35. The molecule has 2 aliphatic rings. The third-order valence-electron chi connectivity index (χ3n) is 3.98. The number of Topliss-reactive ketones (excluding diaryl/α,β-unsaturated/α-hetero) is 1. The van der Waals surface area contributed by atoms with Crippen LogP contribution in [0.1, 0.15) is 29.9 Å². The molecule has 1 aliphatic heterocycles. The minimum Gasteiger partial charge on any atom is -0.511 e. The highest BCUT2D eigenvalue weighted by molar-refractivity contribution is 6.22. The summed E-state index contributed by atoms with van der Waals surface area (Å²) in [5.74, 6) is 0.781. The molecule has 1 aromatic rings. The number of hydrogen-bond acceptors (Lipinski definition) is 4. The normalized spacial score (nSPS) is 22.8. The number of nitrogens with one attached hydrogen (secondary N) is 1. The average molecular weight is 270 g/mol. The lowest BCUT2D eigenvalue weighted by Gasteiger charge is -2.25. The van der Waals surface area contributed by atoms with Crippen LogP contribution in [0.5, 0.6) is 0 Å². The zero-order valence-corrected chi connectivity index (χ0v) is 11.5. The molecule has 0 spiro atoms. The molecule has 0 aromatic heterocycles. The number of aliphatic imine (C=N–C) groups is 1. The van der Waals surface area contributed by atoms with Gasteiger partial charge in [0.25, 0.3) is 0 Å². The first kappa shape index (κ1) is 12.9. The Morgan fingerprint density at radius 2 is 2.10 bits per heavy atom. The van der Waals surface area contributed by atoms with Gasteiger partial charge >= 0.3 is 0 Å². The number of aliphatic hydroxyl groups is 1. The van der Waals surface area contributed by atoms with E-state index in [9.17, 15) is 9.90 Å². The Hall–Kier alpha value is -2.10. The molecule has 104 valence electrons. The second-order valence-electron chi connectivity index (χ2n) is 5.36. The van der Waals surface area contributed by atoms with Gasteiger partial charge in [-0.15, -0.1) is 0 Å². The van der Waals surface area contributed by atoms with Gasteiger partial charge in [0.1, 0.15) is 11.6 Å². The number of allylic oxidation sites excluding steroid dienone is 1. The summed E-state index contributed by atoms with van der Waals surface area (Å²) in [6, 6.07) is 8.04. The maximum Gasteiger partial charge on any atom is 0.170 e. The number of carbonyl (C=O) groups is 1. The number of aliphatic hydroxyl groups excluding tert-OH is 1. The molecular weight excluding hydrogens is 252 g/mol. The van der Waals surface area contributed by atoms with Crippen LogP contribution < -0.4 is 5.32 Å². The van der Waals surface area contributed by atoms with Crippen molar-refractivity contribution in [1.29, 1.82) is 0 Å². The minimum absolute atomic E-state index is 0.0184. The summed E-state index contributed by atoms with van der Waals surface area (Å²) in [6.45, 7) is 3.44. The third-order valence-corrected chi connectivity index (χ3v) is 3.98. The SMILES string of the molecule is Cc1ccccc1C1CC(=O)C(C2=NCCN2)=C(O)C1. The van der Waals surface area contributed by atoms with E-state index in [-0.39, 0.29) is 17.5 Å². The molecule has 0 amide bonds. The summed E-state index contributed by atoms with van der Waals surface area (Å²) in [4.78, 5) is 16.6. The highest BCUT2D eigenvalue weighted by atomic mass is 16.3. The molecule has 1 aromatic carbocycles. The largest absolute Gasteiger partial charge is 0.511 e. The lowest BCUT2D eigenvalue weighted by Crippen LogP contribution is -2.30. The lowest BCUT2D eigenvalue weighted by atomic mass is 9.81. The van der Waals surface area contributed by atoms with Crippen molar-refractivity contribution in [2.45, 2.75) is 25.7 Å². The van der Waals surface area contributed by atoms with E-state index in [1.807, 2.05) is 31.2 Å². The Bertz CT molecular complexity index is 617. The Balaban J connectivity index is 1.91. The van der Waals surface area contributed by atoms with Crippen molar-refractivity contribution in [2.24, 2.45) is 4.99 Å². The first-order chi connectivity index (χ1) is 9.66. The molecule has 3 rings (SSSR count). The first-order valence-corrected chi connectivity index (χ1v) is 6.96. The molecule has 1 unspecified atom stereocenters. The van der Waals surface area contributed by atoms with Crippen LogP contribution in [0.3, 0.4) is 0 Å². The van der Waals surface area contributed by atoms with Gasteiger partial charge in [0.2, 0.25) is 0 Å². The van der Waals surface area contributed by atoms with Crippen LogP contribution in [0.15, 0.2) is 40.6 Å². The van der Waals surface area contributed by atoms with Crippen LogP contribution in [-0.4, -0.2) is 29.8 Å². The average Bonchev–Trinajstić information content (AvgIpc) is 2.92. The molecule has 2 N–H and O–H groups in total. The fourth-order valence-corrected chi connectivity index (χ4v) is 2.99. The second kappa shape index (κ2) is 5.12. The summed E-state index contributed by atoms with van der Waals surface area (Å²) in [7, 11) is 0. The van der Waals surface area contributed by atoms with E-state index in [0.29, 0.717) is 30.8 Å². The van der Waals surface area contributed by atoms with Crippen LogP contribution in [0.4, 0.5) is 0 Å². The number of amidine groups is 1. The Labute approximate surface area is 118 Å². The number of hydrogen-bond donors (Lipinski definition) is 2. The highest BCUT2D eigenvalue weighted by Gasteiger charge is 2.32. The van der Waals surface area contributed by atoms with Crippen molar-refractivity contribution in [3.8, 4) is 0 Å². The summed E-state index contributed by atoms with van der Waals surface area (Å²) >= 11 is 0. The quantitative estimate of drug-likeness (QED) is 0.866. The van der Waals surface area contributed by atoms with E-state index in [0.717, 1.165) is 17.7 Å². The van der Waals surface area contributed by atoms with Gasteiger partial charge in [-0.25, -0.2) is 0 Å². The van der Waals surface area contributed by atoms with Crippen LogP contribution in [0, 0.1) is 6.92 Å². The zero-order valence-electron chi connectivity index (χ0n) is 11.5. The molecule has 4 nitrogen and oxygen atoms in total. The van der Waals surface area contributed by atoms with Gasteiger partial charge < -0.3 is 10.4 Å². The molecule has 0 saturated heterocycles. The van der Waals surface area contributed by atoms with Gasteiger partial charge in [-0.3, -0.25) is 9.79 Å². The first-order valence-electron chi connectivity index (χ1n) is 6.96. The predicted octanol–water partition coefficient (Wildman–Crippen LogP) is 2.26. The van der Waals surface area contributed by atoms with E-state index < -0.39 is 0 Å². The molecule has 0 saturated carbocycles. The molecule has 1 heterocycles. The van der Waals surface area contributed by atoms with E-state index in [2.05, 4.69) is 10.3 Å². The van der Waals surface area contributed by atoms with E-state index in [4.69, 9.17) is 0 Å². The minimum atomic E-state index is -0.0184. The van der Waals surface area contributed by atoms with E-state index >= 15 is 0 Å². The summed E-state index contributed by atoms with van der Waals surface area (Å²) in [6.07, 6.45) is 0.942. The summed E-state index contributed by atoms with van der Waals surface area (Å²) in [5.41, 5.74) is 2.71. The molecule has 20 heavy (non-hydrogen) atoms. The fraction of sp³-hybridized carbons (Fsp3) is 0.375. The van der Waals surface area contributed by atoms with Gasteiger partial charge in [0.05, 0.1) is 12.1 Å². The van der Waals surface area contributed by atoms with Crippen molar-refractivity contribution >= 4 is 11.6 Å². The number of aryl methyl sites for hydroxylation is 1. The van der Waals surface area contributed by atoms with Crippen molar-refractivity contribution < 1.29 is 9.90 Å². The zero-order chi connectivity index (χ0) is 14.1. The van der Waals surface area contributed by atoms with Gasteiger partial charge in [-0.05, 0) is 24.0 Å². The molecule has 4 heteroatoms. The smallest absolute Gasteiger partial charge is 0.170 e. The predicted molar refractivity (Wildman–Crippen MR) is 78.1 cm³/mol. The van der Waals surface area contributed by atoms with Crippen LogP contribution in [0.25, 0.3) is 0 Å². The number of benzene rings is 1. The Morgan fingerprint density at radius 1 is 1.30 bits per heavy atom. The number of ketones is 1. The third kappa shape index (κ3) is 2.22. The molecule has 0 fully saturated rings. The molecule has 1 atom stereocenters. The molecule has 1 aliphatic carbocycles. The van der Waals surface area contributed by atoms with E-state index in [1.54, 1.807) is 0 Å². The number of nitrogens with zero attached hydrogens (tertiary/aromatic N) is 1. The lowest BCUT2D eigenvalue weighted by molar-refractivity contribution is -0.116. The molecule has 0 bridgehead atoms. The Kier molecular flexibility index (Phi) is 3.30.